The second-order valence-corrected chi connectivity index (χ2v) is 8.09. The topological polar surface area (TPSA) is 81.2 Å². The first-order valence-electron chi connectivity index (χ1n) is 10.2. The minimum Gasteiger partial charge on any atom is -0.497 e. The molecule has 0 saturated carbocycles. The number of nitrogens with one attached hydrogen (secondary N) is 2. The Hall–Kier alpha value is -3.65. The summed E-state index contributed by atoms with van der Waals surface area (Å²) in [6.45, 7) is 2.82. The lowest BCUT2D eigenvalue weighted by molar-refractivity contribution is 0.395. The van der Waals surface area contributed by atoms with E-state index >= 15 is 0 Å². The standard InChI is InChI=1S/C24H25N5O2S/c1-16-22(32-24(27-16)26-11-9-17-7-5-4-6-8-17)21-10-12-25-23(29-21)28-18-13-19(30-2)15-20(14-18)31-3/h4-8,10,12-15H,9,11H2,1-3H3,(H,26,27)(H,25,28,29). The van der Waals surface area contributed by atoms with Gasteiger partial charge in [0.15, 0.2) is 5.13 Å². The summed E-state index contributed by atoms with van der Waals surface area (Å²) in [4.78, 5) is 14.7. The summed E-state index contributed by atoms with van der Waals surface area (Å²) in [5, 5.41) is 7.54. The van der Waals surface area contributed by atoms with E-state index in [1.165, 1.54) is 5.56 Å². The summed E-state index contributed by atoms with van der Waals surface area (Å²) in [5.41, 5.74) is 3.84. The lowest BCUT2D eigenvalue weighted by Crippen LogP contribution is -2.04. The fraction of sp³-hybridized carbons (Fsp3) is 0.208. The molecule has 32 heavy (non-hydrogen) atoms. The van der Waals surface area contributed by atoms with Crippen LogP contribution in [-0.2, 0) is 6.42 Å². The van der Waals surface area contributed by atoms with Crippen molar-refractivity contribution in [2.75, 3.05) is 31.4 Å². The van der Waals surface area contributed by atoms with Crippen LogP contribution in [0.15, 0.2) is 60.8 Å². The Kier molecular flexibility index (Phi) is 6.81. The van der Waals surface area contributed by atoms with Crippen molar-refractivity contribution in [3.05, 3.63) is 72.1 Å². The Balaban J connectivity index is 1.47. The summed E-state index contributed by atoms with van der Waals surface area (Å²) in [5.74, 6) is 1.87. The first kappa shape index (κ1) is 21.6. The lowest BCUT2D eigenvalue weighted by atomic mass is 10.2. The smallest absolute Gasteiger partial charge is 0.227 e. The number of rotatable bonds is 9. The number of aromatic nitrogens is 3. The van der Waals surface area contributed by atoms with E-state index < -0.39 is 0 Å². The maximum Gasteiger partial charge on any atom is 0.227 e. The highest BCUT2D eigenvalue weighted by Gasteiger charge is 2.12. The van der Waals surface area contributed by atoms with Gasteiger partial charge in [0.2, 0.25) is 5.95 Å². The Morgan fingerprint density at radius 1 is 0.938 bits per heavy atom. The quantitative estimate of drug-likeness (QED) is 0.359. The van der Waals surface area contributed by atoms with Crippen molar-refractivity contribution in [2.24, 2.45) is 0 Å². The number of thiazole rings is 1. The molecule has 164 valence electrons. The largest absolute Gasteiger partial charge is 0.497 e. The zero-order chi connectivity index (χ0) is 22.3. The maximum atomic E-state index is 5.33. The summed E-state index contributed by atoms with van der Waals surface area (Å²) < 4.78 is 10.7. The van der Waals surface area contributed by atoms with Crippen molar-refractivity contribution < 1.29 is 9.47 Å². The third-order valence-electron chi connectivity index (χ3n) is 4.83. The van der Waals surface area contributed by atoms with E-state index in [1.54, 1.807) is 31.8 Å². The second-order valence-electron chi connectivity index (χ2n) is 7.09. The number of hydrogen-bond acceptors (Lipinski definition) is 8. The molecule has 0 unspecified atom stereocenters. The highest BCUT2D eigenvalue weighted by Crippen LogP contribution is 2.32. The van der Waals surface area contributed by atoms with Crippen LogP contribution in [-0.4, -0.2) is 35.7 Å². The van der Waals surface area contributed by atoms with Crippen LogP contribution in [0.3, 0.4) is 0 Å². The first-order chi connectivity index (χ1) is 15.6. The van der Waals surface area contributed by atoms with Crippen molar-refractivity contribution >= 4 is 28.1 Å². The monoisotopic (exact) mass is 447 g/mol. The van der Waals surface area contributed by atoms with E-state index in [-0.39, 0.29) is 0 Å². The fourth-order valence-corrected chi connectivity index (χ4v) is 4.18. The molecule has 0 saturated heterocycles. The predicted octanol–water partition coefficient (Wildman–Crippen LogP) is 5.32. The number of benzene rings is 2. The molecular weight excluding hydrogens is 422 g/mol. The van der Waals surface area contributed by atoms with Gasteiger partial charge >= 0.3 is 0 Å². The molecule has 0 aliphatic heterocycles. The summed E-state index contributed by atoms with van der Waals surface area (Å²) in [6, 6.07) is 17.9. The summed E-state index contributed by atoms with van der Waals surface area (Å²) in [6.07, 6.45) is 2.68. The Labute approximate surface area is 191 Å². The SMILES string of the molecule is COc1cc(Nc2nccc(-c3sc(NCCc4ccccc4)nc3C)n2)cc(OC)c1. The van der Waals surface area contributed by atoms with E-state index in [1.807, 2.05) is 37.3 Å². The number of aryl methyl sites for hydroxylation is 1. The van der Waals surface area contributed by atoms with Crippen molar-refractivity contribution in [3.63, 3.8) is 0 Å². The minimum absolute atomic E-state index is 0.490. The zero-order valence-corrected chi connectivity index (χ0v) is 19.1. The molecule has 0 atom stereocenters. The average molecular weight is 448 g/mol. The Bertz CT molecular complexity index is 1160. The molecule has 4 aromatic rings. The molecule has 2 heterocycles. The van der Waals surface area contributed by atoms with Crippen LogP contribution in [0.1, 0.15) is 11.3 Å². The van der Waals surface area contributed by atoms with E-state index in [2.05, 4.69) is 44.9 Å². The van der Waals surface area contributed by atoms with Crippen LogP contribution in [0.25, 0.3) is 10.6 Å². The fourth-order valence-electron chi connectivity index (χ4n) is 3.22. The van der Waals surface area contributed by atoms with Gasteiger partial charge in [-0.25, -0.2) is 15.0 Å². The molecule has 2 aromatic heterocycles. The second kappa shape index (κ2) is 10.1. The van der Waals surface area contributed by atoms with Gasteiger partial charge in [-0.3, -0.25) is 0 Å². The van der Waals surface area contributed by atoms with E-state index in [0.29, 0.717) is 17.4 Å². The lowest BCUT2D eigenvalue weighted by Gasteiger charge is -2.10. The van der Waals surface area contributed by atoms with Gasteiger partial charge in [-0.2, -0.15) is 0 Å². The van der Waals surface area contributed by atoms with Gasteiger partial charge in [-0.1, -0.05) is 41.7 Å². The molecule has 0 amide bonds. The van der Waals surface area contributed by atoms with Gasteiger partial charge in [-0.15, -0.1) is 0 Å². The number of hydrogen-bond donors (Lipinski definition) is 2. The molecular formula is C24H25N5O2S. The van der Waals surface area contributed by atoms with Gasteiger partial charge in [0.05, 0.1) is 30.5 Å². The maximum absolute atomic E-state index is 5.33. The predicted molar refractivity (Wildman–Crippen MR) is 129 cm³/mol. The van der Waals surface area contributed by atoms with Crippen LogP contribution in [0.5, 0.6) is 11.5 Å². The number of nitrogens with zero attached hydrogens (tertiary/aromatic N) is 3. The van der Waals surface area contributed by atoms with Crippen LogP contribution in [0, 0.1) is 6.92 Å². The van der Waals surface area contributed by atoms with E-state index in [4.69, 9.17) is 14.5 Å². The molecule has 2 aromatic carbocycles. The highest BCUT2D eigenvalue weighted by atomic mass is 32.1. The number of anilines is 3. The van der Waals surface area contributed by atoms with Crippen LogP contribution >= 0.6 is 11.3 Å². The van der Waals surface area contributed by atoms with E-state index in [0.717, 1.165) is 40.0 Å². The molecule has 8 heteroatoms. The molecule has 0 bridgehead atoms. The van der Waals surface area contributed by atoms with Crippen LogP contribution in [0.2, 0.25) is 0 Å². The van der Waals surface area contributed by atoms with Gasteiger partial charge in [0, 0.05) is 36.6 Å². The minimum atomic E-state index is 0.490. The van der Waals surface area contributed by atoms with Crippen molar-refractivity contribution in [1.29, 1.82) is 0 Å². The first-order valence-corrected chi connectivity index (χ1v) is 11.0. The third-order valence-corrected chi connectivity index (χ3v) is 5.96. The number of ether oxygens (including phenoxy) is 2. The molecule has 0 spiro atoms. The number of methoxy groups -OCH3 is 2. The molecule has 0 radical (unpaired) electrons. The normalized spacial score (nSPS) is 10.6. The molecule has 4 rings (SSSR count). The molecule has 7 nitrogen and oxygen atoms in total. The average Bonchev–Trinajstić information content (AvgIpc) is 3.20. The molecule has 0 fully saturated rings. The third kappa shape index (κ3) is 5.33. The zero-order valence-electron chi connectivity index (χ0n) is 18.3. The molecule has 2 N–H and O–H groups in total. The van der Waals surface area contributed by atoms with Gasteiger partial charge in [-0.05, 0) is 25.0 Å². The van der Waals surface area contributed by atoms with Crippen molar-refractivity contribution in [2.45, 2.75) is 13.3 Å². The van der Waals surface area contributed by atoms with Gasteiger partial charge < -0.3 is 20.1 Å². The summed E-state index contributed by atoms with van der Waals surface area (Å²) >= 11 is 1.59. The van der Waals surface area contributed by atoms with Gasteiger partial charge in [0.1, 0.15) is 11.5 Å². The van der Waals surface area contributed by atoms with E-state index in [9.17, 15) is 0 Å². The summed E-state index contributed by atoms with van der Waals surface area (Å²) in [7, 11) is 3.24. The Morgan fingerprint density at radius 2 is 1.69 bits per heavy atom. The molecule has 0 aliphatic carbocycles. The highest BCUT2D eigenvalue weighted by molar-refractivity contribution is 7.19. The van der Waals surface area contributed by atoms with Crippen LogP contribution in [0.4, 0.5) is 16.8 Å². The van der Waals surface area contributed by atoms with Crippen molar-refractivity contribution in [3.8, 4) is 22.1 Å². The molecule has 0 aliphatic rings. The van der Waals surface area contributed by atoms with Crippen molar-refractivity contribution in [1.82, 2.24) is 15.0 Å². The van der Waals surface area contributed by atoms with Crippen LogP contribution < -0.4 is 20.1 Å². The Morgan fingerprint density at radius 3 is 2.41 bits per heavy atom. The van der Waals surface area contributed by atoms with Gasteiger partial charge in [0.25, 0.3) is 0 Å².